The molecule has 1 saturated heterocycles. The largest absolute Gasteiger partial charge is 0.356 e. The molecule has 0 spiro atoms. The number of carbonyl (C=O) groups is 1. The van der Waals surface area contributed by atoms with Gasteiger partial charge in [0.25, 0.3) is 0 Å². The second kappa shape index (κ2) is 6.89. The third-order valence-corrected chi connectivity index (χ3v) is 4.05. The van der Waals surface area contributed by atoms with E-state index < -0.39 is 11.6 Å². The number of carbonyl (C=O) groups excluding carboxylic acids is 1. The van der Waals surface area contributed by atoms with Crippen LogP contribution in [-0.2, 0) is 11.2 Å². The first-order chi connectivity index (χ1) is 11.1. The highest BCUT2D eigenvalue weighted by Crippen LogP contribution is 2.24. The number of amides is 1. The molecule has 3 rings (SSSR count). The molecule has 1 aliphatic rings. The molecular formula is C17H18F2N2O2. The molecule has 0 atom stereocenters. The van der Waals surface area contributed by atoms with E-state index in [2.05, 4.69) is 5.16 Å². The van der Waals surface area contributed by atoms with Crippen LogP contribution in [0.4, 0.5) is 8.78 Å². The van der Waals surface area contributed by atoms with Crippen LogP contribution in [0.1, 0.15) is 31.4 Å². The summed E-state index contributed by atoms with van der Waals surface area (Å²) >= 11 is 0. The van der Waals surface area contributed by atoms with Crippen LogP contribution in [0, 0.1) is 11.6 Å². The van der Waals surface area contributed by atoms with E-state index >= 15 is 0 Å². The fourth-order valence-electron chi connectivity index (χ4n) is 2.80. The van der Waals surface area contributed by atoms with Crippen molar-refractivity contribution in [2.45, 2.75) is 32.1 Å². The maximum absolute atomic E-state index is 13.7. The summed E-state index contributed by atoms with van der Waals surface area (Å²) in [5, 5.41) is 3.83. The predicted molar refractivity (Wildman–Crippen MR) is 80.6 cm³/mol. The second-order valence-electron chi connectivity index (χ2n) is 5.78. The highest BCUT2D eigenvalue weighted by atomic mass is 19.1. The lowest BCUT2D eigenvalue weighted by molar-refractivity contribution is -0.130. The Balaban J connectivity index is 1.70. The fraction of sp³-hybridized carbons (Fsp3) is 0.412. The van der Waals surface area contributed by atoms with Gasteiger partial charge in [0.15, 0.2) is 5.76 Å². The van der Waals surface area contributed by atoms with Crippen LogP contribution in [0.5, 0.6) is 0 Å². The molecule has 1 aromatic carbocycles. The first-order valence-electron chi connectivity index (χ1n) is 7.82. The lowest BCUT2D eigenvalue weighted by Gasteiger charge is -2.19. The Hall–Kier alpha value is -2.24. The number of aromatic nitrogens is 1. The molecule has 2 heterocycles. The first-order valence-corrected chi connectivity index (χ1v) is 7.82. The molecule has 1 fully saturated rings. The second-order valence-corrected chi connectivity index (χ2v) is 5.78. The van der Waals surface area contributed by atoms with Gasteiger partial charge in [-0.25, -0.2) is 8.78 Å². The molecule has 1 aromatic heterocycles. The van der Waals surface area contributed by atoms with Crippen molar-refractivity contribution in [3.63, 3.8) is 0 Å². The maximum atomic E-state index is 13.7. The number of benzene rings is 1. The van der Waals surface area contributed by atoms with Crippen molar-refractivity contribution >= 4 is 5.91 Å². The third kappa shape index (κ3) is 3.75. The zero-order valence-corrected chi connectivity index (χ0v) is 12.7. The lowest BCUT2D eigenvalue weighted by Crippen LogP contribution is -2.33. The highest BCUT2D eigenvalue weighted by molar-refractivity contribution is 5.78. The number of hydrogen-bond donors (Lipinski definition) is 0. The SMILES string of the molecule is O=C(Cc1cc(-c2ccc(F)cc2F)on1)N1CCCCCC1. The predicted octanol–water partition coefficient (Wildman–Crippen LogP) is 3.56. The minimum absolute atomic E-state index is 0.00586. The molecule has 0 bridgehead atoms. The molecule has 4 nitrogen and oxygen atoms in total. The Morgan fingerprint density at radius 2 is 1.87 bits per heavy atom. The Morgan fingerprint density at radius 3 is 2.57 bits per heavy atom. The van der Waals surface area contributed by atoms with Crippen LogP contribution < -0.4 is 0 Å². The van der Waals surface area contributed by atoms with Crippen molar-refractivity contribution < 1.29 is 18.1 Å². The van der Waals surface area contributed by atoms with Gasteiger partial charge in [-0.15, -0.1) is 0 Å². The molecule has 23 heavy (non-hydrogen) atoms. The van der Waals surface area contributed by atoms with E-state index in [4.69, 9.17) is 4.52 Å². The van der Waals surface area contributed by atoms with E-state index in [1.807, 2.05) is 4.90 Å². The van der Waals surface area contributed by atoms with Crippen LogP contribution in [0.3, 0.4) is 0 Å². The Bertz CT molecular complexity index is 692. The zero-order chi connectivity index (χ0) is 16.2. The van der Waals surface area contributed by atoms with Gasteiger partial charge >= 0.3 is 0 Å². The molecule has 2 aromatic rings. The monoisotopic (exact) mass is 320 g/mol. The maximum Gasteiger partial charge on any atom is 0.228 e. The minimum Gasteiger partial charge on any atom is -0.356 e. The lowest BCUT2D eigenvalue weighted by atomic mass is 10.1. The number of hydrogen-bond acceptors (Lipinski definition) is 3. The number of likely N-dealkylation sites (tertiary alicyclic amines) is 1. The molecule has 1 amide bonds. The summed E-state index contributed by atoms with van der Waals surface area (Å²) in [6.07, 6.45) is 4.49. The van der Waals surface area contributed by atoms with Crippen molar-refractivity contribution in [3.8, 4) is 11.3 Å². The normalized spacial score (nSPS) is 15.5. The van der Waals surface area contributed by atoms with Crippen LogP contribution >= 0.6 is 0 Å². The highest BCUT2D eigenvalue weighted by Gasteiger charge is 2.19. The van der Waals surface area contributed by atoms with Gasteiger partial charge in [0.05, 0.1) is 17.7 Å². The summed E-state index contributed by atoms with van der Waals surface area (Å²) in [6, 6.07) is 4.78. The van der Waals surface area contributed by atoms with Gasteiger partial charge in [0.1, 0.15) is 11.6 Å². The van der Waals surface area contributed by atoms with Crippen molar-refractivity contribution in [1.82, 2.24) is 10.1 Å². The van der Waals surface area contributed by atoms with E-state index in [-0.39, 0.29) is 23.7 Å². The Morgan fingerprint density at radius 1 is 1.13 bits per heavy atom. The fourth-order valence-corrected chi connectivity index (χ4v) is 2.80. The first kappa shape index (κ1) is 15.6. The average molecular weight is 320 g/mol. The van der Waals surface area contributed by atoms with Crippen molar-refractivity contribution in [3.05, 3.63) is 41.6 Å². The molecule has 0 radical (unpaired) electrons. The van der Waals surface area contributed by atoms with Gasteiger partial charge in [-0.05, 0) is 25.0 Å². The summed E-state index contributed by atoms with van der Waals surface area (Å²) in [5.74, 6) is -1.17. The molecule has 0 unspecified atom stereocenters. The van der Waals surface area contributed by atoms with Crippen LogP contribution in [-0.4, -0.2) is 29.1 Å². The smallest absolute Gasteiger partial charge is 0.228 e. The molecule has 1 aliphatic heterocycles. The molecule has 6 heteroatoms. The zero-order valence-electron chi connectivity index (χ0n) is 12.7. The van der Waals surface area contributed by atoms with Gasteiger partial charge in [0.2, 0.25) is 5.91 Å². The standard InChI is InChI=1S/C17H18F2N2O2/c18-12-5-6-14(15(19)9-12)16-10-13(20-23-16)11-17(22)21-7-3-1-2-4-8-21/h5-6,9-10H,1-4,7-8,11H2. The van der Waals surface area contributed by atoms with Gasteiger partial charge in [-0.3, -0.25) is 4.79 Å². The summed E-state index contributed by atoms with van der Waals surface area (Å²) in [4.78, 5) is 14.1. The average Bonchev–Trinajstić information content (AvgIpc) is 2.81. The van der Waals surface area contributed by atoms with E-state index in [9.17, 15) is 13.6 Å². The number of nitrogens with zero attached hydrogens (tertiary/aromatic N) is 2. The van der Waals surface area contributed by atoms with Crippen LogP contribution in [0.2, 0.25) is 0 Å². The summed E-state index contributed by atoms with van der Waals surface area (Å²) in [5.41, 5.74) is 0.588. The summed E-state index contributed by atoms with van der Waals surface area (Å²) < 4.78 is 31.8. The van der Waals surface area contributed by atoms with Crippen LogP contribution in [0.25, 0.3) is 11.3 Å². The van der Waals surface area contributed by atoms with Crippen molar-refractivity contribution in [2.75, 3.05) is 13.1 Å². The molecular weight excluding hydrogens is 302 g/mol. The van der Waals surface area contributed by atoms with Gasteiger partial charge in [-0.2, -0.15) is 0 Å². The Kier molecular flexibility index (Phi) is 4.69. The molecule has 122 valence electrons. The van der Waals surface area contributed by atoms with Crippen molar-refractivity contribution in [2.24, 2.45) is 0 Å². The molecule has 0 aliphatic carbocycles. The summed E-state index contributed by atoms with van der Waals surface area (Å²) in [7, 11) is 0. The van der Waals surface area contributed by atoms with E-state index in [1.54, 1.807) is 0 Å². The quantitative estimate of drug-likeness (QED) is 0.868. The Labute approximate surface area is 133 Å². The number of rotatable bonds is 3. The van der Waals surface area contributed by atoms with Gasteiger partial charge < -0.3 is 9.42 Å². The van der Waals surface area contributed by atoms with E-state index in [0.717, 1.165) is 50.9 Å². The van der Waals surface area contributed by atoms with Crippen LogP contribution in [0.15, 0.2) is 28.8 Å². The minimum atomic E-state index is -0.716. The van der Waals surface area contributed by atoms with E-state index in [0.29, 0.717) is 5.69 Å². The van der Waals surface area contributed by atoms with Gasteiger partial charge in [-0.1, -0.05) is 18.0 Å². The topological polar surface area (TPSA) is 46.3 Å². The third-order valence-electron chi connectivity index (χ3n) is 4.05. The van der Waals surface area contributed by atoms with Crippen molar-refractivity contribution in [1.29, 1.82) is 0 Å². The number of halogens is 2. The van der Waals surface area contributed by atoms with Gasteiger partial charge in [0, 0.05) is 25.2 Å². The molecule has 0 saturated carbocycles. The molecule has 0 N–H and O–H groups in total. The van der Waals surface area contributed by atoms with E-state index in [1.165, 1.54) is 12.1 Å². The summed E-state index contributed by atoms with van der Waals surface area (Å²) in [6.45, 7) is 1.55.